The average Bonchev–Trinajstić information content (AvgIpc) is 2.70. The Morgan fingerprint density at radius 2 is 1.73 bits per heavy atom. The third kappa shape index (κ3) is 3.84. The normalized spacial score (nSPS) is 16.3. The van der Waals surface area contributed by atoms with E-state index < -0.39 is 0 Å². The van der Waals surface area contributed by atoms with Gasteiger partial charge in [-0.3, -0.25) is 0 Å². The molecule has 1 aromatic carbocycles. The maximum Gasteiger partial charge on any atom is 0.0208 e. The fourth-order valence-corrected chi connectivity index (χ4v) is 2.10. The second kappa shape index (κ2) is 6.14. The lowest BCUT2D eigenvalue weighted by Crippen LogP contribution is -2.25. The maximum atomic E-state index is 3.62. The van der Waals surface area contributed by atoms with Gasteiger partial charge in [0.15, 0.2) is 0 Å². The molecule has 1 saturated carbocycles. The van der Waals surface area contributed by atoms with Crippen LogP contribution in [0.3, 0.4) is 0 Å². The Bertz CT molecular complexity index is 275. The van der Waals surface area contributed by atoms with Crippen molar-refractivity contribution in [2.75, 3.05) is 0 Å². The summed E-state index contributed by atoms with van der Waals surface area (Å²) < 4.78 is 0. The summed E-state index contributed by atoms with van der Waals surface area (Å²) in [6.07, 6.45) is 5.55. The smallest absolute Gasteiger partial charge is 0.0208 e. The van der Waals surface area contributed by atoms with Crippen molar-refractivity contribution in [1.29, 1.82) is 0 Å². The van der Waals surface area contributed by atoms with E-state index in [0.29, 0.717) is 0 Å². The van der Waals surface area contributed by atoms with Gasteiger partial charge in [0, 0.05) is 12.6 Å². The average molecular weight is 226 g/mol. The second-order valence-electron chi connectivity index (χ2n) is 4.35. The van der Waals surface area contributed by atoms with Crippen LogP contribution in [0.4, 0.5) is 0 Å². The molecule has 0 radical (unpaired) electrons. The summed E-state index contributed by atoms with van der Waals surface area (Å²) in [5.74, 6) is 0. The van der Waals surface area contributed by atoms with E-state index in [9.17, 15) is 0 Å². The molecule has 2 rings (SSSR count). The molecule has 2 heteroatoms. The molecule has 1 aliphatic rings. The summed E-state index contributed by atoms with van der Waals surface area (Å²) >= 11 is 0. The zero-order valence-corrected chi connectivity index (χ0v) is 10.1. The van der Waals surface area contributed by atoms with Gasteiger partial charge in [-0.05, 0) is 25.3 Å². The molecule has 1 fully saturated rings. The van der Waals surface area contributed by atoms with Crippen LogP contribution in [0, 0.1) is 6.92 Å². The van der Waals surface area contributed by atoms with E-state index in [4.69, 9.17) is 0 Å². The fourth-order valence-electron chi connectivity index (χ4n) is 2.10. The lowest BCUT2D eigenvalue weighted by Gasteiger charge is -2.11. The van der Waals surface area contributed by atoms with Gasteiger partial charge in [0.25, 0.3) is 0 Å². The second-order valence-corrected chi connectivity index (χ2v) is 4.35. The molecule has 0 bridgehead atoms. The van der Waals surface area contributed by atoms with Gasteiger partial charge in [0.1, 0.15) is 0 Å². The number of hydrogen-bond acceptors (Lipinski definition) is 1. The first-order chi connectivity index (χ1) is 6.84. The topological polar surface area (TPSA) is 12.0 Å². The van der Waals surface area contributed by atoms with Crippen molar-refractivity contribution in [2.24, 2.45) is 0 Å². The molecule has 0 saturated heterocycles. The van der Waals surface area contributed by atoms with Crippen molar-refractivity contribution in [3.8, 4) is 0 Å². The number of hydrogen-bond donors (Lipinski definition) is 1. The fraction of sp³-hybridized carbons (Fsp3) is 0.538. The summed E-state index contributed by atoms with van der Waals surface area (Å²) in [4.78, 5) is 0. The molecule has 0 amide bonds. The first kappa shape index (κ1) is 12.5. The van der Waals surface area contributed by atoms with Crippen molar-refractivity contribution >= 4 is 12.4 Å². The van der Waals surface area contributed by atoms with Crippen LogP contribution in [-0.4, -0.2) is 6.04 Å². The van der Waals surface area contributed by atoms with Crippen LogP contribution in [0.5, 0.6) is 0 Å². The van der Waals surface area contributed by atoms with Crippen LogP contribution in [0.15, 0.2) is 24.3 Å². The highest BCUT2D eigenvalue weighted by molar-refractivity contribution is 5.85. The maximum absolute atomic E-state index is 3.62. The van der Waals surface area contributed by atoms with Gasteiger partial charge < -0.3 is 5.32 Å². The molecule has 1 aromatic rings. The monoisotopic (exact) mass is 225 g/mol. The minimum atomic E-state index is 0. The molecule has 0 spiro atoms. The predicted molar refractivity (Wildman–Crippen MR) is 67.5 cm³/mol. The Kier molecular flexibility index (Phi) is 5.13. The minimum Gasteiger partial charge on any atom is -0.310 e. The van der Waals surface area contributed by atoms with Gasteiger partial charge in [-0.25, -0.2) is 0 Å². The quantitative estimate of drug-likeness (QED) is 0.831. The number of rotatable bonds is 3. The summed E-state index contributed by atoms with van der Waals surface area (Å²) in [5, 5.41) is 3.62. The Hall–Kier alpha value is -0.530. The number of benzene rings is 1. The summed E-state index contributed by atoms with van der Waals surface area (Å²) in [7, 11) is 0. The molecule has 0 aromatic heterocycles. The molecule has 0 unspecified atom stereocenters. The van der Waals surface area contributed by atoms with Gasteiger partial charge in [0.2, 0.25) is 0 Å². The lowest BCUT2D eigenvalue weighted by atomic mass is 10.1. The molecular weight excluding hydrogens is 206 g/mol. The highest BCUT2D eigenvalue weighted by Gasteiger charge is 2.13. The standard InChI is InChI=1S/C13H19N.ClH/c1-11-6-8-12(9-7-11)10-14-13-4-2-3-5-13;/h6-9,13-14H,2-5,10H2,1H3;1H. The van der Waals surface area contributed by atoms with Crippen LogP contribution in [0.25, 0.3) is 0 Å². The molecule has 1 aliphatic carbocycles. The molecule has 1 N–H and O–H groups in total. The summed E-state index contributed by atoms with van der Waals surface area (Å²) in [6, 6.07) is 9.59. The van der Waals surface area contributed by atoms with Gasteiger partial charge in [-0.15, -0.1) is 12.4 Å². The highest BCUT2D eigenvalue weighted by Crippen LogP contribution is 2.18. The predicted octanol–water partition coefficient (Wildman–Crippen LogP) is 3.45. The van der Waals surface area contributed by atoms with Gasteiger partial charge in [-0.2, -0.15) is 0 Å². The molecule has 0 heterocycles. The largest absolute Gasteiger partial charge is 0.310 e. The lowest BCUT2D eigenvalue weighted by molar-refractivity contribution is 0.524. The van der Waals surface area contributed by atoms with Gasteiger partial charge in [-0.1, -0.05) is 42.7 Å². The summed E-state index contributed by atoms with van der Waals surface area (Å²) in [5.41, 5.74) is 2.75. The van der Waals surface area contributed by atoms with Crippen molar-refractivity contribution in [3.05, 3.63) is 35.4 Å². The number of aryl methyl sites for hydroxylation is 1. The Morgan fingerprint density at radius 3 is 2.33 bits per heavy atom. The zero-order chi connectivity index (χ0) is 9.80. The van der Waals surface area contributed by atoms with Crippen molar-refractivity contribution in [3.63, 3.8) is 0 Å². The first-order valence-corrected chi connectivity index (χ1v) is 5.63. The van der Waals surface area contributed by atoms with E-state index in [1.54, 1.807) is 0 Å². The van der Waals surface area contributed by atoms with E-state index >= 15 is 0 Å². The number of halogens is 1. The minimum absolute atomic E-state index is 0. The van der Waals surface area contributed by atoms with E-state index in [2.05, 4.69) is 36.5 Å². The van der Waals surface area contributed by atoms with Crippen molar-refractivity contribution < 1.29 is 0 Å². The third-order valence-corrected chi connectivity index (χ3v) is 3.07. The zero-order valence-electron chi connectivity index (χ0n) is 9.33. The van der Waals surface area contributed by atoms with Gasteiger partial charge in [0.05, 0.1) is 0 Å². The van der Waals surface area contributed by atoms with Crippen LogP contribution < -0.4 is 5.32 Å². The van der Waals surface area contributed by atoms with Crippen LogP contribution >= 0.6 is 12.4 Å². The van der Waals surface area contributed by atoms with Crippen LogP contribution in [0.1, 0.15) is 36.8 Å². The number of nitrogens with one attached hydrogen (secondary N) is 1. The van der Waals surface area contributed by atoms with Crippen molar-refractivity contribution in [2.45, 2.75) is 45.2 Å². The molecule has 84 valence electrons. The van der Waals surface area contributed by atoms with Crippen LogP contribution in [0.2, 0.25) is 0 Å². The van der Waals surface area contributed by atoms with E-state index in [1.165, 1.54) is 36.8 Å². The van der Waals surface area contributed by atoms with E-state index in [-0.39, 0.29) is 12.4 Å². The first-order valence-electron chi connectivity index (χ1n) is 5.63. The molecule has 1 nitrogen and oxygen atoms in total. The molecule has 15 heavy (non-hydrogen) atoms. The van der Waals surface area contributed by atoms with E-state index in [1.807, 2.05) is 0 Å². The molecule has 0 aliphatic heterocycles. The SMILES string of the molecule is Cc1ccc(CNC2CCCC2)cc1.Cl. The molecule has 0 atom stereocenters. The van der Waals surface area contributed by atoms with Crippen molar-refractivity contribution in [1.82, 2.24) is 5.32 Å². The van der Waals surface area contributed by atoms with Gasteiger partial charge >= 0.3 is 0 Å². The Morgan fingerprint density at radius 1 is 1.13 bits per heavy atom. The van der Waals surface area contributed by atoms with E-state index in [0.717, 1.165) is 12.6 Å². The highest BCUT2D eigenvalue weighted by atomic mass is 35.5. The Balaban J connectivity index is 0.00000112. The summed E-state index contributed by atoms with van der Waals surface area (Å²) in [6.45, 7) is 3.17. The molecular formula is C13H20ClN. The van der Waals surface area contributed by atoms with Crippen LogP contribution in [-0.2, 0) is 6.54 Å². The Labute approximate surface area is 98.7 Å². The third-order valence-electron chi connectivity index (χ3n) is 3.07.